The van der Waals surface area contributed by atoms with Crippen LogP contribution in [0, 0.1) is 6.92 Å². The van der Waals surface area contributed by atoms with Gasteiger partial charge >= 0.3 is 35.8 Å². The molecule has 19 heteroatoms. The van der Waals surface area contributed by atoms with E-state index >= 15 is 0 Å². The maximum absolute atomic E-state index is 13.6. The Bertz CT molecular complexity index is 1800. The number of esters is 6. The zero-order chi connectivity index (χ0) is 40.4. The van der Waals surface area contributed by atoms with Crippen LogP contribution in [0.2, 0.25) is 0 Å². The third kappa shape index (κ3) is 11.0. The number of aryl methyl sites for hydroxylation is 1. The van der Waals surface area contributed by atoms with Gasteiger partial charge in [-0.3, -0.25) is 19.2 Å². The average molecular weight is 772 g/mol. The lowest BCUT2D eigenvalue weighted by atomic mass is 9.96. The van der Waals surface area contributed by atoms with E-state index in [4.69, 9.17) is 47.4 Å². The number of hydrogen-bond donors (Lipinski definition) is 0. The van der Waals surface area contributed by atoms with E-state index in [2.05, 4.69) is 10.0 Å². The van der Waals surface area contributed by atoms with E-state index in [1.165, 1.54) is 25.3 Å². The summed E-state index contributed by atoms with van der Waals surface area (Å²) < 4.78 is 56.9. The fourth-order valence-corrected chi connectivity index (χ4v) is 6.05. The second-order valence-electron chi connectivity index (χ2n) is 12.4. The van der Waals surface area contributed by atoms with Crippen LogP contribution in [-0.4, -0.2) is 105 Å². The summed E-state index contributed by atoms with van der Waals surface area (Å²) in [6.07, 6.45) is -11.2. The van der Waals surface area contributed by atoms with Crippen LogP contribution in [0.1, 0.15) is 66.5 Å². The molecule has 2 aliphatic heterocycles. The Morgan fingerprint density at radius 1 is 0.818 bits per heavy atom. The van der Waals surface area contributed by atoms with E-state index in [9.17, 15) is 34.3 Å². The molecule has 0 saturated carbocycles. The van der Waals surface area contributed by atoms with Crippen LogP contribution in [0.15, 0.2) is 47.6 Å². The fraction of sp³-hybridized carbons (Fsp3) is 0.500. The lowest BCUT2D eigenvalue weighted by molar-refractivity contribution is -0.331. The van der Waals surface area contributed by atoms with Crippen molar-refractivity contribution in [3.05, 3.63) is 75.2 Å². The molecule has 2 aliphatic rings. The first-order valence-electron chi connectivity index (χ1n) is 16.9. The third-order valence-corrected chi connectivity index (χ3v) is 8.21. The van der Waals surface area contributed by atoms with Gasteiger partial charge in [0.25, 0.3) is 0 Å². The molecule has 55 heavy (non-hydrogen) atoms. The first-order chi connectivity index (χ1) is 26.1. The van der Waals surface area contributed by atoms with Gasteiger partial charge < -0.3 is 47.4 Å². The lowest BCUT2D eigenvalue weighted by Gasteiger charge is -2.46. The van der Waals surface area contributed by atoms with Gasteiger partial charge in [-0.2, -0.15) is 0 Å². The summed E-state index contributed by atoms with van der Waals surface area (Å²) in [5, 5.41) is 3.86. The summed E-state index contributed by atoms with van der Waals surface area (Å²) in [5.74, 6) is -4.77. The third-order valence-electron chi connectivity index (χ3n) is 8.21. The second kappa shape index (κ2) is 19.1. The second-order valence-corrected chi connectivity index (χ2v) is 12.4. The molecule has 2 aromatic rings. The molecule has 0 amide bonds. The van der Waals surface area contributed by atoms with Gasteiger partial charge in [0, 0.05) is 32.6 Å². The Morgan fingerprint density at radius 3 is 2.05 bits per heavy atom. The van der Waals surface area contributed by atoms with Crippen molar-refractivity contribution in [3.63, 3.8) is 0 Å². The van der Waals surface area contributed by atoms with Gasteiger partial charge in [-0.25, -0.2) is 9.59 Å². The number of ether oxygens (including phenoxy) is 10. The molecular weight excluding hydrogens is 730 g/mol. The van der Waals surface area contributed by atoms with Crippen molar-refractivity contribution in [1.29, 1.82) is 0 Å². The van der Waals surface area contributed by atoms with Crippen molar-refractivity contribution in [2.45, 2.75) is 103 Å². The van der Waals surface area contributed by atoms with Crippen molar-refractivity contribution >= 4 is 35.8 Å². The Balaban J connectivity index is 1.76. The first-order valence-corrected chi connectivity index (χ1v) is 16.9. The molecule has 0 radical (unpaired) electrons. The predicted molar refractivity (Wildman–Crippen MR) is 183 cm³/mol. The van der Waals surface area contributed by atoms with E-state index in [0.717, 1.165) is 27.7 Å². The minimum atomic E-state index is -1.59. The number of carbonyl (C=O) groups excluding carboxylic acids is 6. The number of carbonyl (C=O) groups is 6. The average Bonchev–Trinajstić information content (AvgIpc) is 3.11. The van der Waals surface area contributed by atoms with Crippen LogP contribution >= 0.6 is 0 Å². The largest absolute Gasteiger partial charge is 0.465 e. The van der Waals surface area contributed by atoms with Crippen LogP contribution in [0.25, 0.3) is 10.4 Å². The molecule has 296 valence electrons. The van der Waals surface area contributed by atoms with Crippen molar-refractivity contribution < 1.29 is 76.1 Å². The van der Waals surface area contributed by atoms with Gasteiger partial charge in [0.05, 0.1) is 38.0 Å². The Morgan fingerprint density at radius 2 is 1.45 bits per heavy atom. The summed E-state index contributed by atoms with van der Waals surface area (Å²) in [6.45, 7) is 6.93. The Kier molecular flexibility index (Phi) is 14.7. The van der Waals surface area contributed by atoms with Crippen LogP contribution in [0.5, 0.6) is 5.75 Å². The van der Waals surface area contributed by atoms with Gasteiger partial charge in [0.2, 0.25) is 0 Å². The standard InChI is InChI=1S/C36H41N3O16/c1-17-13-23(14-25(50-19(3)40)27(17)34(45)46-7)15-47-35-32(54-33(44)24-11-9-8-10-12-24)30(28(38-39-37)18(2)49-35)55-36-31(53-22(6)43)29(52-21(5)42)26(16-48-36)51-20(4)41/h8-14,18,26,28-32,35-36H,15-16H2,1-7H3/t18-,26-,28+,29+,30+,31-,32-,35-,36+/m1/s1. The number of rotatable bonds is 13. The van der Waals surface area contributed by atoms with Crippen molar-refractivity contribution in [3.8, 4) is 5.75 Å². The minimum absolute atomic E-state index is 0.0159. The molecular formula is C36H41N3O16. The van der Waals surface area contributed by atoms with Gasteiger partial charge in [0.1, 0.15) is 17.4 Å². The molecule has 0 aromatic heterocycles. The van der Waals surface area contributed by atoms with Crippen molar-refractivity contribution in [2.75, 3.05) is 13.7 Å². The molecule has 2 heterocycles. The highest BCUT2D eigenvalue weighted by atomic mass is 16.8. The van der Waals surface area contributed by atoms with E-state index in [0.29, 0.717) is 11.1 Å². The van der Waals surface area contributed by atoms with Crippen LogP contribution in [-0.2, 0) is 68.4 Å². The highest BCUT2D eigenvalue weighted by Gasteiger charge is 2.53. The highest BCUT2D eigenvalue weighted by molar-refractivity contribution is 5.95. The fourth-order valence-electron chi connectivity index (χ4n) is 6.05. The first kappa shape index (κ1) is 42.2. The number of nitrogens with zero attached hydrogens (tertiary/aromatic N) is 3. The van der Waals surface area contributed by atoms with Crippen LogP contribution < -0.4 is 4.74 Å². The molecule has 2 aromatic carbocycles. The number of methoxy groups -OCH3 is 1. The molecule has 19 nitrogen and oxygen atoms in total. The maximum Gasteiger partial charge on any atom is 0.341 e. The maximum atomic E-state index is 13.6. The summed E-state index contributed by atoms with van der Waals surface area (Å²) in [5.41, 5.74) is 10.5. The smallest absolute Gasteiger partial charge is 0.341 e. The van der Waals surface area contributed by atoms with E-state index in [-0.39, 0.29) is 23.5 Å². The van der Waals surface area contributed by atoms with E-state index in [1.54, 1.807) is 38.1 Å². The normalized spacial score (nSPS) is 26.0. The van der Waals surface area contributed by atoms with E-state index < -0.39 is 97.7 Å². The molecule has 4 rings (SSSR count). The lowest BCUT2D eigenvalue weighted by Crippen LogP contribution is -2.63. The Hall–Kier alpha value is -5.59. The van der Waals surface area contributed by atoms with Crippen molar-refractivity contribution in [1.82, 2.24) is 0 Å². The van der Waals surface area contributed by atoms with E-state index in [1.807, 2.05) is 0 Å². The minimum Gasteiger partial charge on any atom is -0.465 e. The number of hydrogen-bond acceptors (Lipinski definition) is 17. The highest BCUT2D eigenvalue weighted by Crippen LogP contribution is 2.35. The molecule has 9 atom stereocenters. The summed E-state index contributed by atoms with van der Waals surface area (Å²) in [7, 11) is 1.18. The van der Waals surface area contributed by atoms with Gasteiger partial charge in [-0.1, -0.05) is 29.4 Å². The molecule has 0 unspecified atom stereocenters. The summed E-state index contributed by atoms with van der Waals surface area (Å²) >= 11 is 0. The van der Waals surface area contributed by atoms with Gasteiger partial charge in [0.15, 0.2) is 37.0 Å². The monoisotopic (exact) mass is 771 g/mol. The quantitative estimate of drug-likeness (QED) is 0.0707. The van der Waals surface area contributed by atoms with Crippen LogP contribution in [0.4, 0.5) is 0 Å². The van der Waals surface area contributed by atoms with Gasteiger partial charge in [-0.15, -0.1) is 0 Å². The number of azide groups is 1. The predicted octanol–water partition coefficient (Wildman–Crippen LogP) is 3.41. The SMILES string of the molecule is COC(=O)c1c(C)cc(CO[C@@H]2O[C@H](C)[C@H](N=[N+]=[N-])[C@H](O[C@@H]3OC[C@@H](OC(C)=O)[C@H](OC(C)=O)[C@H]3OC(C)=O)[C@H]2OC(=O)c2ccccc2)cc1OC(C)=O. The molecule has 2 fully saturated rings. The zero-order valence-corrected chi connectivity index (χ0v) is 31.0. The summed E-state index contributed by atoms with van der Waals surface area (Å²) in [4.78, 5) is 77.3. The topological polar surface area (TPSA) is 243 Å². The Labute approximate surface area is 314 Å². The molecule has 0 bridgehead atoms. The van der Waals surface area contributed by atoms with Gasteiger partial charge in [-0.05, 0) is 48.7 Å². The van der Waals surface area contributed by atoms with Crippen LogP contribution in [0.3, 0.4) is 0 Å². The molecule has 0 aliphatic carbocycles. The molecule has 2 saturated heterocycles. The number of benzene rings is 2. The molecule has 0 spiro atoms. The zero-order valence-electron chi connectivity index (χ0n) is 31.0. The summed E-state index contributed by atoms with van der Waals surface area (Å²) in [6, 6.07) is 9.63. The van der Waals surface area contributed by atoms with Crippen molar-refractivity contribution in [2.24, 2.45) is 5.11 Å². The molecule has 0 N–H and O–H groups in total.